The number of carbonyl (C=O) groups excluding carboxylic acids is 2. The average molecular weight is 431 g/mol. The fraction of sp³-hybridized carbons (Fsp3) is 0.364. The lowest BCUT2D eigenvalue weighted by molar-refractivity contribution is -0.117. The van der Waals surface area contributed by atoms with Crippen LogP contribution in [0.2, 0.25) is 0 Å². The largest absolute Gasteiger partial charge is 0.495 e. The summed E-state index contributed by atoms with van der Waals surface area (Å²) in [6, 6.07) is 10.7. The summed E-state index contributed by atoms with van der Waals surface area (Å²) in [5.41, 5.74) is 1.96. The number of amides is 1. The van der Waals surface area contributed by atoms with Gasteiger partial charge in [-0.2, -0.15) is 4.31 Å². The second-order valence-electron chi connectivity index (χ2n) is 7.41. The zero-order valence-corrected chi connectivity index (χ0v) is 18.4. The third-order valence-corrected chi connectivity index (χ3v) is 7.40. The number of Topliss-reactive ketones (excluding diaryl/α,β-unsaturated/α-hetero) is 1. The van der Waals surface area contributed by atoms with Crippen molar-refractivity contribution in [3.8, 4) is 5.75 Å². The van der Waals surface area contributed by atoms with Gasteiger partial charge in [0.1, 0.15) is 10.6 Å². The third kappa shape index (κ3) is 4.11. The Labute approximate surface area is 177 Å². The van der Waals surface area contributed by atoms with E-state index in [4.69, 9.17) is 4.74 Å². The van der Waals surface area contributed by atoms with E-state index in [0.717, 1.165) is 16.3 Å². The molecule has 1 saturated heterocycles. The van der Waals surface area contributed by atoms with Gasteiger partial charge in [0.25, 0.3) is 0 Å². The maximum absolute atomic E-state index is 13.4. The quantitative estimate of drug-likeness (QED) is 0.631. The predicted molar refractivity (Wildman–Crippen MR) is 115 cm³/mol. The van der Waals surface area contributed by atoms with E-state index in [1.807, 2.05) is 19.1 Å². The molecule has 1 aliphatic rings. The number of sulfonamides is 1. The monoisotopic (exact) mass is 430 g/mol. The molecule has 160 valence electrons. The number of anilines is 1. The van der Waals surface area contributed by atoms with Crippen LogP contribution in [0.1, 0.15) is 35.7 Å². The highest BCUT2D eigenvalue weighted by atomic mass is 32.2. The molecule has 1 unspecified atom stereocenters. The number of likely N-dealkylation sites (N-methyl/N-ethyl adjacent to an activating group) is 1. The Morgan fingerprint density at radius 2 is 1.83 bits per heavy atom. The van der Waals surface area contributed by atoms with E-state index in [-0.39, 0.29) is 22.3 Å². The molecule has 1 fully saturated rings. The van der Waals surface area contributed by atoms with Crippen molar-refractivity contribution in [1.29, 1.82) is 0 Å². The van der Waals surface area contributed by atoms with Crippen molar-refractivity contribution in [2.75, 3.05) is 25.6 Å². The van der Waals surface area contributed by atoms with Gasteiger partial charge in [0.15, 0.2) is 5.78 Å². The van der Waals surface area contributed by atoms with Crippen LogP contribution in [0.15, 0.2) is 47.4 Å². The molecule has 0 aromatic heterocycles. The molecule has 0 N–H and O–H groups in total. The summed E-state index contributed by atoms with van der Waals surface area (Å²) in [4.78, 5) is 26.4. The van der Waals surface area contributed by atoms with E-state index >= 15 is 0 Å². The van der Waals surface area contributed by atoms with Crippen LogP contribution in [0.3, 0.4) is 0 Å². The number of aryl methyl sites for hydroxylation is 1. The molecule has 8 heteroatoms. The van der Waals surface area contributed by atoms with Crippen LogP contribution in [0.5, 0.6) is 5.75 Å². The van der Waals surface area contributed by atoms with Gasteiger partial charge in [-0.3, -0.25) is 9.59 Å². The first-order valence-corrected chi connectivity index (χ1v) is 11.2. The van der Waals surface area contributed by atoms with Gasteiger partial charge >= 0.3 is 0 Å². The highest BCUT2D eigenvalue weighted by molar-refractivity contribution is 7.89. The molecule has 0 bridgehead atoms. The Balaban J connectivity index is 1.95. The van der Waals surface area contributed by atoms with E-state index in [9.17, 15) is 18.0 Å². The molecular weight excluding hydrogens is 404 g/mol. The van der Waals surface area contributed by atoms with Crippen LogP contribution >= 0.6 is 0 Å². The van der Waals surface area contributed by atoms with Crippen molar-refractivity contribution < 1.29 is 22.7 Å². The molecule has 7 nitrogen and oxygen atoms in total. The Bertz CT molecular complexity index is 1060. The number of nitrogens with zero attached hydrogens (tertiary/aromatic N) is 2. The summed E-state index contributed by atoms with van der Waals surface area (Å²) in [5, 5.41) is 0. The van der Waals surface area contributed by atoms with Gasteiger partial charge in [0.2, 0.25) is 15.9 Å². The molecule has 1 heterocycles. The Morgan fingerprint density at radius 3 is 2.40 bits per heavy atom. The maximum Gasteiger partial charge on any atom is 0.247 e. The summed E-state index contributed by atoms with van der Waals surface area (Å²) in [6.45, 7) is 4.02. The van der Waals surface area contributed by atoms with Crippen LogP contribution in [-0.2, 0) is 14.8 Å². The lowest BCUT2D eigenvalue weighted by Crippen LogP contribution is -2.40. The SMILES string of the molecule is COc1ccc(N2CCCC2=O)cc1S(=O)(=O)N(C)C(C)C(=O)c1ccc(C)cc1. The molecule has 1 aliphatic heterocycles. The number of ketones is 1. The molecular formula is C22H26N2O5S. The summed E-state index contributed by atoms with van der Waals surface area (Å²) in [7, 11) is -1.30. The first-order valence-electron chi connectivity index (χ1n) is 9.74. The van der Waals surface area contributed by atoms with Gasteiger partial charge in [0, 0.05) is 31.3 Å². The molecule has 1 atom stereocenters. The number of hydrogen-bond acceptors (Lipinski definition) is 5. The standard InChI is InChI=1S/C22H26N2O5S/c1-15-7-9-17(10-8-15)22(26)16(2)23(3)30(27,28)20-14-18(11-12-19(20)29-4)24-13-5-6-21(24)25/h7-12,14,16H,5-6,13H2,1-4H3. The Morgan fingerprint density at radius 1 is 1.17 bits per heavy atom. The number of carbonyl (C=O) groups is 2. The molecule has 0 saturated carbocycles. The Hall–Kier alpha value is -2.71. The second-order valence-corrected chi connectivity index (χ2v) is 9.38. The summed E-state index contributed by atoms with van der Waals surface area (Å²) in [6.07, 6.45) is 1.17. The van der Waals surface area contributed by atoms with E-state index in [2.05, 4.69) is 0 Å². The van der Waals surface area contributed by atoms with Crippen LogP contribution in [0.25, 0.3) is 0 Å². The van der Waals surface area contributed by atoms with Gasteiger partial charge in [-0.25, -0.2) is 8.42 Å². The minimum absolute atomic E-state index is 0.0419. The number of hydrogen-bond donors (Lipinski definition) is 0. The van der Waals surface area contributed by atoms with Crippen molar-refractivity contribution in [3.63, 3.8) is 0 Å². The van der Waals surface area contributed by atoms with Crippen molar-refractivity contribution >= 4 is 27.4 Å². The number of methoxy groups -OCH3 is 1. The lowest BCUT2D eigenvalue weighted by Gasteiger charge is -2.25. The molecule has 30 heavy (non-hydrogen) atoms. The zero-order valence-electron chi connectivity index (χ0n) is 17.6. The van der Waals surface area contributed by atoms with E-state index in [0.29, 0.717) is 24.2 Å². The van der Waals surface area contributed by atoms with Crippen molar-refractivity contribution in [1.82, 2.24) is 4.31 Å². The van der Waals surface area contributed by atoms with Crippen LogP contribution in [0, 0.1) is 6.92 Å². The fourth-order valence-corrected chi connectivity index (χ4v) is 4.94. The van der Waals surface area contributed by atoms with E-state index < -0.39 is 16.1 Å². The lowest BCUT2D eigenvalue weighted by atomic mass is 10.0. The third-order valence-electron chi connectivity index (χ3n) is 5.45. The highest BCUT2D eigenvalue weighted by Crippen LogP contribution is 2.33. The van der Waals surface area contributed by atoms with Crippen molar-refractivity contribution in [2.24, 2.45) is 0 Å². The normalized spacial score (nSPS) is 15.5. The number of ether oxygens (including phenoxy) is 1. The molecule has 3 rings (SSSR count). The van der Waals surface area contributed by atoms with E-state index in [1.165, 1.54) is 26.3 Å². The smallest absolute Gasteiger partial charge is 0.247 e. The van der Waals surface area contributed by atoms with Gasteiger partial charge in [-0.15, -0.1) is 0 Å². The van der Waals surface area contributed by atoms with Gasteiger partial charge < -0.3 is 9.64 Å². The first kappa shape index (κ1) is 22.0. The molecule has 2 aromatic carbocycles. The molecule has 0 aliphatic carbocycles. The Kier molecular flexibility index (Phi) is 6.28. The first-order chi connectivity index (χ1) is 14.2. The maximum atomic E-state index is 13.4. The molecule has 0 radical (unpaired) electrons. The van der Waals surface area contributed by atoms with Crippen molar-refractivity contribution in [3.05, 3.63) is 53.6 Å². The summed E-state index contributed by atoms with van der Waals surface area (Å²) in [5.74, 6) is -0.182. The van der Waals surface area contributed by atoms with Crippen LogP contribution in [-0.4, -0.2) is 51.2 Å². The zero-order chi connectivity index (χ0) is 22.1. The minimum Gasteiger partial charge on any atom is -0.495 e. The van der Waals surface area contributed by atoms with Gasteiger partial charge in [-0.05, 0) is 38.5 Å². The molecule has 0 spiro atoms. The van der Waals surface area contributed by atoms with Crippen molar-refractivity contribution in [2.45, 2.75) is 37.6 Å². The topological polar surface area (TPSA) is 84.0 Å². The second kappa shape index (κ2) is 8.57. The number of rotatable bonds is 7. The van der Waals surface area contributed by atoms with Gasteiger partial charge in [0.05, 0.1) is 13.2 Å². The molecule has 1 amide bonds. The summed E-state index contributed by atoms with van der Waals surface area (Å²) < 4.78 is 33.1. The number of benzene rings is 2. The fourth-order valence-electron chi connectivity index (χ4n) is 3.44. The predicted octanol–water partition coefficient (Wildman–Crippen LogP) is 3.02. The average Bonchev–Trinajstić information content (AvgIpc) is 3.18. The van der Waals surface area contributed by atoms with Crippen LogP contribution < -0.4 is 9.64 Å². The molecule has 2 aromatic rings. The minimum atomic E-state index is -4.06. The van der Waals surface area contributed by atoms with E-state index in [1.54, 1.807) is 30.0 Å². The summed E-state index contributed by atoms with van der Waals surface area (Å²) >= 11 is 0. The van der Waals surface area contributed by atoms with Crippen LogP contribution in [0.4, 0.5) is 5.69 Å². The highest BCUT2D eigenvalue weighted by Gasteiger charge is 2.33. The van der Waals surface area contributed by atoms with Gasteiger partial charge in [-0.1, -0.05) is 29.8 Å².